The summed E-state index contributed by atoms with van der Waals surface area (Å²) in [5.41, 5.74) is 4.28. The topological polar surface area (TPSA) is 94.2 Å². The molecule has 1 saturated carbocycles. The zero-order chi connectivity index (χ0) is 17.1. The lowest BCUT2D eigenvalue weighted by Gasteiger charge is -2.43. The second kappa shape index (κ2) is 7.05. The molecule has 1 aliphatic carbocycles. The van der Waals surface area contributed by atoms with E-state index in [9.17, 15) is 9.90 Å². The van der Waals surface area contributed by atoms with Crippen LogP contribution in [0.3, 0.4) is 0 Å². The van der Waals surface area contributed by atoms with Crippen LogP contribution in [0.15, 0.2) is 4.99 Å². The van der Waals surface area contributed by atoms with E-state index < -0.39 is 11.1 Å². The maximum absolute atomic E-state index is 11.6. The minimum atomic E-state index is -0.622. The van der Waals surface area contributed by atoms with Crippen LogP contribution in [0.25, 0.3) is 0 Å². The number of guanidine groups is 1. The number of carbonyl (C=O) groups is 1. The number of hydrogen-bond acceptors (Lipinski definition) is 4. The molecule has 4 N–H and O–H groups in total. The van der Waals surface area contributed by atoms with Crippen molar-refractivity contribution in [3.8, 4) is 0 Å². The third-order valence-corrected chi connectivity index (χ3v) is 5.12. The van der Waals surface area contributed by atoms with Gasteiger partial charge in [0.05, 0.1) is 17.7 Å². The van der Waals surface area contributed by atoms with Crippen molar-refractivity contribution in [2.24, 2.45) is 10.7 Å². The van der Waals surface area contributed by atoms with Crippen molar-refractivity contribution in [2.75, 3.05) is 39.3 Å². The largest absolute Gasteiger partial charge is 0.388 e. The summed E-state index contributed by atoms with van der Waals surface area (Å²) in [5, 5.41) is 13.5. The van der Waals surface area contributed by atoms with E-state index in [0.717, 1.165) is 57.9 Å². The number of rotatable bonds is 5. The molecule has 132 valence electrons. The fourth-order valence-corrected chi connectivity index (χ4v) is 3.02. The maximum Gasteiger partial charge on any atom is 0.237 e. The molecule has 0 atom stereocenters. The lowest BCUT2D eigenvalue weighted by atomic mass is 9.80. The van der Waals surface area contributed by atoms with Crippen LogP contribution in [0.2, 0.25) is 0 Å². The van der Waals surface area contributed by atoms with Gasteiger partial charge in [0.15, 0.2) is 5.96 Å². The van der Waals surface area contributed by atoms with E-state index in [1.165, 1.54) is 0 Å². The molecule has 0 aromatic rings. The number of amides is 1. The second-order valence-corrected chi connectivity index (χ2v) is 7.15. The smallest absolute Gasteiger partial charge is 0.237 e. The molecule has 1 saturated heterocycles. The molecule has 0 bridgehead atoms. The predicted molar refractivity (Wildman–Crippen MR) is 91.2 cm³/mol. The van der Waals surface area contributed by atoms with Gasteiger partial charge in [-0.05, 0) is 40.0 Å². The van der Waals surface area contributed by atoms with Crippen LogP contribution in [-0.4, -0.2) is 77.2 Å². The van der Waals surface area contributed by atoms with Crippen LogP contribution < -0.4 is 11.1 Å². The van der Waals surface area contributed by atoms with Crippen LogP contribution in [0.4, 0.5) is 0 Å². The summed E-state index contributed by atoms with van der Waals surface area (Å²) in [4.78, 5) is 20.5. The molecule has 7 nitrogen and oxygen atoms in total. The summed E-state index contributed by atoms with van der Waals surface area (Å²) in [6.45, 7) is 10.2. The lowest BCUT2D eigenvalue weighted by Crippen LogP contribution is -2.61. The third kappa shape index (κ3) is 4.14. The molecule has 7 heteroatoms. The van der Waals surface area contributed by atoms with Crippen molar-refractivity contribution in [1.29, 1.82) is 0 Å². The molecule has 0 unspecified atom stereocenters. The normalized spacial score (nSPS) is 22.6. The van der Waals surface area contributed by atoms with Gasteiger partial charge in [0, 0.05) is 32.7 Å². The average Bonchev–Trinajstić information content (AvgIpc) is 2.49. The Hall–Kier alpha value is -1.34. The van der Waals surface area contributed by atoms with Crippen molar-refractivity contribution in [3.05, 3.63) is 0 Å². The Labute approximate surface area is 138 Å². The molecule has 2 fully saturated rings. The first kappa shape index (κ1) is 18.0. The first-order valence-corrected chi connectivity index (χ1v) is 8.59. The van der Waals surface area contributed by atoms with Gasteiger partial charge in [0.25, 0.3) is 0 Å². The van der Waals surface area contributed by atoms with Gasteiger partial charge in [-0.3, -0.25) is 14.7 Å². The van der Waals surface area contributed by atoms with Gasteiger partial charge < -0.3 is 21.1 Å². The molecule has 1 aliphatic heterocycles. The summed E-state index contributed by atoms with van der Waals surface area (Å²) >= 11 is 0. The lowest BCUT2D eigenvalue weighted by molar-refractivity contribution is -0.129. The summed E-state index contributed by atoms with van der Waals surface area (Å²) < 4.78 is 0. The van der Waals surface area contributed by atoms with Gasteiger partial charge in [-0.25, -0.2) is 0 Å². The number of nitrogens with one attached hydrogen (secondary N) is 1. The highest BCUT2D eigenvalue weighted by atomic mass is 16.3. The van der Waals surface area contributed by atoms with E-state index in [1.807, 2.05) is 20.8 Å². The molecule has 0 aromatic heterocycles. The summed E-state index contributed by atoms with van der Waals surface area (Å²) in [5.74, 6) is 0.558. The highest BCUT2D eigenvalue weighted by Crippen LogP contribution is 2.31. The molecule has 1 heterocycles. The van der Waals surface area contributed by atoms with E-state index in [4.69, 9.17) is 5.73 Å². The van der Waals surface area contributed by atoms with Crippen molar-refractivity contribution < 1.29 is 9.90 Å². The van der Waals surface area contributed by atoms with Crippen molar-refractivity contribution in [2.45, 2.75) is 51.2 Å². The minimum absolute atomic E-state index is 0.293. The van der Waals surface area contributed by atoms with Gasteiger partial charge >= 0.3 is 0 Å². The Morgan fingerprint density at radius 1 is 1.30 bits per heavy atom. The second-order valence-electron chi connectivity index (χ2n) is 7.15. The SMILES string of the molecule is CCNC(=NCC1(O)CCC1)N1CCN(C(C)(C)C(N)=O)CC1. The number of primary amides is 1. The Bertz CT molecular complexity index is 451. The first-order chi connectivity index (χ1) is 10.8. The molecule has 0 radical (unpaired) electrons. The van der Waals surface area contributed by atoms with Crippen LogP contribution in [0, 0.1) is 0 Å². The number of nitrogens with two attached hydrogens (primary N) is 1. The van der Waals surface area contributed by atoms with Gasteiger partial charge in [-0.1, -0.05) is 0 Å². The number of piperazine rings is 1. The molecule has 0 spiro atoms. The summed E-state index contributed by atoms with van der Waals surface area (Å²) in [6, 6.07) is 0. The fraction of sp³-hybridized carbons (Fsp3) is 0.875. The van der Waals surface area contributed by atoms with E-state index in [-0.39, 0.29) is 5.91 Å². The standard InChI is InChI=1S/C16H31N5O2/c1-4-18-14(19-12-16(23)6-5-7-16)20-8-10-21(11-9-20)15(2,3)13(17)22/h23H,4-12H2,1-3H3,(H2,17,22)(H,18,19). The van der Waals surface area contributed by atoms with Crippen molar-refractivity contribution in [3.63, 3.8) is 0 Å². The number of carbonyl (C=O) groups excluding carboxylic acids is 1. The molecular formula is C16H31N5O2. The monoisotopic (exact) mass is 325 g/mol. The maximum atomic E-state index is 11.6. The number of nitrogens with zero attached hydrogens (tertiary/aromatic N) is 3. The zero-order valence-corrected chi connectivity index (χ0v) is 14.6. The Morgan fingerprint density at radius 2 is 1.91 bits per heavy atom. The van der Waals surface area contributed by atoms with Gasteiger partial charge in [-0.15, -0.1) is 0 Å². The zero-order valence-electron chi connectivity index (χ0n) is 14.6. The molecule has 2 aliphatic rings. The van der Waals surface area contributed by atoms with Crippen molar-refractivity contribution >= 4 is 11.9 Å². The molecular weight excluding hydrogens is 294 g/mol. The third-order valence-electron chi connectivity index (χ3n) is 5.12. The Balaban J connectivity index is 1.95. The van der Waals surface area contributed by atoms with Gasteiger partial charge in [0.2, 0.25) is 5.91 Å². The number of aliphatic imine (C=N–C) groups is 1. The van der Waals surface area contributed by atoms with Gasteiger partial charge in [0.1, 0.15) is 0 Å². The Morgan fingerprint density at radius 3 is 2.35 bits per heavy atom. The van der Waals surface area contributed by atoms with Crippen LogP contribution in [0.1, 0.15) is 40.0 Å². The van der Waals surface area contributed by atoms with Crippen molar-refractivity contribution in [1.82, 2.24) is 15.1 Å². The highest BCUT2D eigenvalue weighted by Gasteiger charge is 2.36. The molecule has 23 heavy (non-hydrogen) atoms. The van der Waals surface area contributed by atoms with Crippen LogP contribution >= 0.6 is 0 Å². The van der Waals surface area contributed by atoms with Crippen LogP contribution in [-0.2, 0) is 4.79 Å². The Kier molecular flexibility index (Phi) is 5.52. The summed E-state index contributed by atoms with van der Waals surface area (Å²) in [6.07, 6.45) is 2.77. The number of hydrogen-bond donors (Lipinski definition) is 3. The summed E-state index contributed by atoms with van der Waals surface area (Å²) in [7, 11) is 0. The molecule has 2 rings (SSSR count). The number of aliphatic hydroxyl groups is 1. The van der Waals surface area contributed by atoms with E-state index in [2.05, 4.69) is 20.1 Å². The molecule has 1 amide bonds. The van der Waals surface area contributed by atoms with Gasteiger partial charge in [-0.2, -0.15) is 0 Å². The predicted octanol–water partition coefficient (Wildman–Crippen LogP) is -0.252. The molecule has 0 aromatic carbocycles. The first-order valence-electron chi connectivity index (χ1n) is 8.59. The fourth-order valence-electron chi connectivity index (χ4n) is 3.02. The van der Waals surface area contributed by atoms with E-state index >= 15 is 0 Å². The van der Waals surface area contributed by atoms with E-state index in [1.54, 1.807) is 0 Å². The average molecular weight is 325 g/mol. The van der Waals surface area contributed by atoms with E-state index in [0.29, 0.717) is 6.54 Å². The highest BCUT2D eigenvalue weighted by molar-refractivity contribution is 5.84. The minimum Gasteiger partial charge on any atom is -0.388 e. The van der Waals surface area contributed by atoms with Crippen LogP contribution in [0.5, 0.6) is 0 Å². The quantitative estimate of drug-likeness (QED) is 0.479.